The van der Waals surface area contributed by atoms with Gasteiger partial charge in [0.1, 0.15) is 0 Å². The van der Waals surface area contributed by atoms with Crippen molar-refractivity contribution in [1.82, 2.24) is 10.1 Å². The van der Waals surface area contributed by atoms with Crippen molar-refractivity contribution >= 4 is 0 Å². The molecule has 1 rings (SSSR count). The molecule has 0 fully saturated rings. The molecule has 1 heterocycles. The van der Waals surface area contributed by atoms with E-state index in [1.807, 2.05) is 6.92 Å². The highest BCUT2D eigenvalue weighted by molar-refractivity contribution is 4.90. The average Bonchev–Trinajstić information content (AvgIpc) is 2.61. The molecule has 0 aliphatic heterocycles. The first-order chi connectivity index (χ1) is 6.74. The van der Waals surface area contributed by atoms with E-state index in [0.717, 1.165) is 12.8 Å². The fourth-order valence-corrected chi connectivity index (χ4v) is 1.26. The molecule has 0 aromatic carbocycles. The van der Waals surface area contributed by atoms with Crippen LogP contribution in [-0.4, -0.2) is 10.1 Å². The van der Waals surface area contributed by atoms with E-state index in [1.165, 1.54) is 19.3 Å². The Labute approximate surface area is 84.9 Å². The molecule has 1 unspecified atom stereocenters. The van der Waals surface area contributed by atoms with Gasteiger partial charge >= 0.3 is 0 Å². The molecule has 80 valence electrons. The van der Waals surface area contributed by atoms with E-state index >= 15 is 0 Å². The smallest absolute Gasteiger partial charge is 0.226 e. The Hall–Kier alpha value is -0.900. The summed E-state index contributed by atoms with van der Waals surface area (Å²) in [7, 11) is 0. The van der Waals surface area contributed by atoms with Crippen LogP contribution in [0.1, 0.15) is 57.3 Å². The molecule has 0 saturated heterocycles. The Bertz CT molecular complexity index is 258. The van der Waals surface area contributed by atoms with Crippen LogP contribution in [0.25, 0.3) is 0 Å². The Morgan fingerprint density at radius 1 is 1.36 bits per heavy atom. The maximum absolute atomic E-state index is 5.62. The molecule has 0 amide bonds. The van der Waals surface area contributed by atoms with Crippen LogP contribution in [0.2, 0.25) is 0 Å². The van der Waals surface area contributed by atoms with E-state index in [1.54, 1.807) is 0 Å². The van der Waals surface area contributed by atoms with Crippen molar-refractivity contribution < 1.29 is 4.52 Å². The number of rotatable bonds is 6. The van der Waals surface area contributed by atoms with Crippen LogP contribution in [0.5, 0.6) is 0 Å². The van der Waals surface area contributed by atoms with Crippen molar-refractivity contribution in [2.24, 2.45) is 5.73 Å². The predicted octanol–water partition coefficient (Wildman–Crippen LogP) is 2.21. The van der Waals surface area contributed by atoms with Gasteiger partial charge in [0.05, 0.1) is 6.04 Å². The second-order valence-corrected chi connectivity index (χ2v) is 3.65. The molecular weight excluding hydrogens is 178 g/mol. The van der Waals surface area contributed by atoms with Crippen LogP contribution in [-0.2, 0) is 6.42 Å². The molecule has 0 radical (unpaired) electrons. The van der Waals surface area contributed by atoms with Crippen molar-refractivity contribution in [2.75, 3.05) is 0 Å². The SMILES string of the molecule is CCCCCCc1nc(C(C)N)no1. The average molecular weight is 197 g/mol. The maximum Gasteiger partial charge on any atom is 0.226 e. The molecular formula is C10H19N3O. The summed E-state index contributed by atoms with van der Waals surface area (Å²) >= 11 is 0. The van der Waals surface area contributed by atoms with Crippen molar-refractivity contribution in [3.8, 4) is 0 Å². The van der Waals surface area contributed by atoms with Gasteiger partial charge in [0.2, 0.25) is 5.89 Å². The van der Waals surface area contributed by atoms with Gasteiger partial charge in [-0.25, -0.2) is 0 Å². The molecule has 0 aliphatic carbocycles. The molecule has 2 N–H and O–H groups in total. The Morgan fingerprint density at radius 2 is 2.14 bits per heavy atom. The lowest BCUT2D eigenvalue weighted by Gasteiger charge is -1.95. The van der Waals surface area contributed by atoms with Crippen LogP contribution in [0.4, 0.5) is 0 Å². The quantitative estimate of drug-likeness (QED) is 0.710. The zero-order valence-corrected chi connectivity index (χ0v) is 8.99. The molecule has 1 aromatic rings. The highest BCUT2D eigenvalue weighted by Gasteiger charge is 2.08. The third-order valence-corrected chi connectivity index (χ3v) is 2.14. The van der Waals surface area contributed by atoms with E-state index in [9.17, 15) is 0 Å². The number of hydrogen-bond donors (Lipinski definition) is 1. The summed E-state index contributed by atoms with van der Waals surface area (Å²) in [5.74, 6) is 1.32. The van der Waals surface area contributed by atoms with Gasteiger partial charge in [0, 0.05) is 6.42 Å². The number of hydrogen-bond acceptors (Lipinski definition) is 4. The number of aromatic nitrogens is 2. The van der Waals surface area contributed by atoms with Crippen LogP contribution < -0.4 is 5.73 Å². The summed E-state index contributed by atoms with van der Waals surface area (Å²) in [6, 6.07) is -0.136. The number of nitrogens with two attached hydrogens (primary N) is 1. The topological polar surface area (TPSA) is 64.9 Å². The predicted molar refractivity (Wildman–Crippen MR) is 54.7 cm³/mol. The second-order valence-electron chi connectivity index (χ2n) is 3.65. The summed E-state index contributed by atoms with van der Waals surface area (Å²) in [4.78, 5) is 4.20. The number of aryl methyl sites for hydroxylation is 1. The molecule has 0 bridgehead atoms. The summed E-state index contributed by atoms with van der Waals surface area (Å²) in [5, 5.41) is 3.80. The van der Waals surface area contributed by atoms with Gasteiger partial charge in [-0.05, 0) is 13.3 Å². The van der Waals surface area contributed by atoms with Gasteiger partial charge in [0.15, 0.2) is 5.82 Å². The van der Waals surface area contributed by atoms with E-state index in [0.29, 0.717) is 11.7 Å². The molecule has 1 aromatic heterocycles. The van der Waals surface area contributed by atoms with Gasteiger partial charge in [-0.15, -0.1) is 0 Å². The highest BCUT2D eigenvalue weighted by atomic mass is 16.5. The molecule has 0 saturated carbocycles. The molecule has 4 heteroatoms. The van der Waals surface area contributed by atoms with E-state index in [2.05, 4.69) is 17.1 Å². The summed E-state index contributed by atoms with van der Waals surface area (Å²) in [5.41, 5.74) is 5.62. The minimum absolute atomic E-state index is 0.136. The van der Waals surface area contributed by atoms with Gasteiger partial charge in [-0.2, -0.15) is 4.98 Å². The lowest BCUT2D eigenvalue weighted by Crippen LogP contribution is -2.06. The van der Waals surface area contributed by atoms with Crippen molar-refractivity contribution in [3.05, 3.63) is 11.7 Å². The zero-order valence-electron chi connectivity index (χ0n) is 8.99. The van der Waals surface area contributed by atoms with Crippen LogP contribution in [0.15, 0.2) is 4.52 Å². The van der Waals surface area contributed by atoms with Gasteiger partial charge in [-0.1, -0.05) is 31.3 Å². The Kier molecular flexibility index (Phi) is 4.59. The van der Waals surface area contributed by atoms with E-state index in [4.69, 9.17) is 10.3 Å². The summed E-state index contributed by atoms with van der Waals surface area (Å²) in [6.45, 7) is 4.05. The van der Waals surface area contributed by atoms with E-state index in [-0.39, 0.29) is 6.04 Å². The largest absolute Gasteiger partial charge is 0.339 e. The summed E-state index contributed by atoms with van der Waals surface area (Å²) < 4.78 is 5.07. The van der Waals surface area contributed by atoms with Crippen LogP contribution in [0, 0.1) is 0 Å². The molecule has 4 nitrogen and oxygen atoms in total. The highest BCUT2D eigenvalue weighted by Crippen LogP contribution is 2.08. The number of unbranched alkanes of at least 4 members (excludes halogenated alkanes) is 3. The van der Waals surface area contributed by atoms with Crippen molar-refractivity contribution in [3.63, 3.8) is 0 Å². The Balaban J connectivity index is 2.29. The fourth-order valence-electron chi connectivity index (χ4n) is 1.26. The van der Waals surface area contributed by atoms with Crippen molar-refractivity contribution in [1.29, 1.82) is 0 Å². The normalized spacial score (nSPS) is 13.1. The zero-order chi connectivity index (χ0) is 10.4. The van der Waals surface area contributed by atoms with Crippen LogP contribution >= 0.6 is 0 Å². The van der Waals surface area contributed by atoms with Gasteiger partial charge in [0.25, 0.3) is 0 Å². The minimum atomic E-state index is -0.136. The minimum Gasteiger partial charge on any atom is -0.339 e. The molecule has 1 atom stereocenters. The third kappa shape index (κ3) is 3.46. The standard InChI is InChI=1S/C10H19N3O/c1-3-4-5-6-7-9-12-10(8(2)11)13-14-9/h8H,3-7,11H2,1-2H3. The monoisotopic (exact) mass is 197 g/mol. The summed E-state index contributed by atoms with van der Waals surface area (Å²) in [6.07, 6.45) is 5.74. The first kappa shape index (κ1) is 11.2. The van der Waals surface area contributed by atoms with Gasteiger partial charge < -0.3 is 10.3 Å². The van der Waals surface area contributed by atoms with Crippen LogP contribution in [0.3, 0.4) is 0 Å². The fraction of sp³-hybridized carbons (Fsp3) is 0.800. The molecule has 0 spiro atoms. The number of nitrogens with zero attached hydrogens (tertiary/aromatic N) is 2. The molecule has 14 heavy (non-hydrogen) atoms. The third-order valence-electron chi connectivity index (χ3n) is 2.14. The molecule has 0 aliphatic rings. The lowest BCUT2D eigenvalue weighted by atomic mass is 10.1. The first-order valence-corrected chi connectivity index (χ1v) is 5.32. The van der Waals surface area contributed by atoms with Crippen molar-refractivity contribution in [2.45, 2.75) is 52.0 Å². The second kappa shape index (κ2) is 5.75. The lowest BCUT2D eigenvalue weighted by molar-refractivity contribution is 0.366. The Morgan fingerprint density at radius 3 is 2.71 bits per heavy atom. The maximum atomic E-state index is 5.62. The van der Waals surface area contributed by atoms with E-state index < -0.39 is 0 Å². The first-order valence-electron chi connectivity index (χ1n) is 5.32. The van der Waals surface area contributed by atoms with Gasteiger partial charge in [-0.3, -0.25) is 0 Å².